The zero-order chi connectivity index (χ0) is 15.4. The first kappa shape index (κ1) is 14.1. The summed E-state index contributed by atoms with van der Waals surface area (Å²) in [5.74, 6) is 0.359. The monoisotopic (exact) mass is 296 g/mol. The molecule has 3 rings (SSSR count). The van der Waals surface area contributed by atoms with Crippen molar-refractivity contribution in [2.75, 3.05) is 7.11 Å². The average molecular weight is 296 g/mol. The van der Waals surface area contributed by atoms with Crippen molar-refractivity contribution in [1.82, 2.24) is 20.0 Å². The minimum absolute atomic E-state index is 0.215. The summed E-state index contributed by atoms with van der Waals surface area (Å²) in [5, 5.41) is 8.30. The van der Waals surface area contributed by atoms with E-state index in [-0.39, 0.29) is 5.56 Å². The summed E-state index contributed by atoms with van der Waals surface area (Å²) in [6.07, 6.45) is 4.88. The molecule has 0 amide bonds. The maximum atomic E-state index is 11.7. The molecule has 2 aromatic heterocycles. The number of nitrogens with zero attached hydrogens (tertiary/aromatic N) is 3. The van der Waals surface area contributed by atoms with Crippen molar-refractivity contribution in [3.8, 4) is 11.4 Å². The van der Waals surface area contributed by atoms with Crippen molar-refractivity contribution < 1.29 is 4.74 Å². The minimum Gasteiger partial charge on any atom is -0.491 e. The SMILES string of the molecule is COc1c(CCc2cn(-c3ccccc3)nn2)cc[nH]c1=O. The van der Waals surface area contributed by atoms with Gasteiger partial charge in [0.15, 0.2) is 5.75 Å². The van der Waals surface area contributed by atoms with Crippen LogP contribution in [0.25, 0.3) is 5.69 Å². The first-order chi connectivity index (χ1) is 10.8. The first-order valence-corrected chi connectivity index (χ1v) is 6.99. The van der Waals surface area contributed by atoms with E-state index in [1.54, 1.807) is 10.9 Å². The van der Waals surface area contributed by atoms with E-state index in [2.05, 4.69) is 15.3 Å². The van der Waals surface area contributed by atoms with Gasteiger partial charge in [-0.3, -0.25) is 4.79 Å². The molecule has 0 aliphatic carbocycles. The molecule has 0 bridgehead atoms. The van der Waals surface area contributed by atoms with Gasteiger partial charge in [-0.05, 0) is 31.0 Å². The fourth-order valence-corrected chi connectivity index (χ4v) is 2.31. The van der Waals surface area contributed by atoms with E-state index in [1.165, 1.54) is 7.11 Å². The summed E-state index contributed by atoms with van der Waals surface area (Å²) < 4.78 is 6.89. The molecule has 0 aliphatic rings. The summed E-state index contributed by atoms with van der Waals surface area (Å²) in [6.45, 7) is 0. The van der Waals surface area contributed by atoms with Crippen LogP contribution >= 0.6 is 0 Å². The lowest BCUT2D eigenvalue weighted by molar-refractivity contribution is 0.403. The fourth-order valence-electron chi connectivity index (χ4n) is 2.31. The predicted octanol–water partition coefficient (Wildman–Crippen LogP) is 1.75. The van der Waals surface area contributed by atoms with Gasteiger partial charge in [-0.1, -0.05) is 23.4 Å². The number of pyridine rings is 1. The molecule has 1 N–H and O–H groups in total. The Morgan fingerprint density at radius 1 is 1.18 bits per heavy atom. The van der Waals surface area contributed by atoms with Gasteiger partial charge in [-0.2, -0.15) is 0 Å². The number of hydrogen-bond acceptors (Lipinski definition) is 4. The van der Waals surface area contributed by atoms with Crippen LogP contribution in [0.1, 0.15) is 11.3 Å². The molecule has 0 spiro atoms. The molecule has 22 heavy (non-hydrogen) atoms. The molecule has 0 radical (unpaired) electrons. The summed E-state index contributed by atoms with van der Waals surface area (Å²) in [4.78, 5) is 14.3. The summed E-state index contributed by atoms with van der Waals surface area (Å²) in [6, 6.07) is 11.7. The predicted molar refractivity (Wildman–Crippen MR) is 82.4 cm³/mol. The van der Waals surface area contributed by atoms with E-state index in [1.807, 2.05) is 42.6 Å². The Labute approximate surface area is 127 Å². The van der Waals surface area contributed by atoms with E-state index < -0.39 is 0 Å². The second kappa shape index (κ2) is 6.26. The second-order valence-corrected chi connectivity index (χ2v) is 4.86. The largest absolute Gasteiger partial charge is 0.491 e. The Hall–Kier alpha value is -2.89. The third-order valence-corrected chi connectivity index (χ3v) is 3.41. The van der Waals surface area contributed by atoms with Gasteiger partial charge in [-0.15, -0.1) is 5.10 Å². The number of aromatic nitrogens is 4. The molecule has 0 saturated heterocycles. The maximum absolute atomic E-state index is 11.7. The highest BCUT2D eigenvalue weighted by atomic mass is 16.5. The summed E-state index contributed by atoms with van der Waals surface area (Å²) in [7, 11) is 1.50. The molecule has 0 unspecified atom stereocenters. The first-order valence-electron chi connectivity index (χ1n) is 6.99. The average Bonchev–Trinajstić information content (AvgIpc) is 3.03. The van der Waals surface area contributed by atoms with Crippen molar-refractivity contribution in [3.05, 3.63) is 70.4 Å². The van der Waals surface area contributed by atoms with Crippen molar-refractivity contribution in [2.45, 2.75) is 12.8 Å². The van der Waals surface area contributed by atoms with E-state index in [0.29, 0.717) is 18.6 Å². The van der Waals surface area contributed by atoms with Crippen molar-refractivity contribution in [1.29, 1.82) is 0 Å². The fraction of sp³-hybridized carbons (Fsp3) is 0.188. The summed E-state index contributed by atoms with van der Waals surface area (Å²) in [5.41, 5.74) is 2.48. The third kappa shape index (κ3) is 2.90. The minimum atomic E-state index is -0.215. The van der Waals surface area contributed by atoms with Crippen LogP contribution in [0.3, 0.4) is 0 Å². The Morgan fingerprint density at radius 3 is 2.77 bits per heavy atom. The lowest BCUT2D eigenvalue weighted by atomic mass is 10.1. The Bertz CT molecular complexity index is 808. The molecule has 6 nitrogen and oxygen atoms in total. The number of hydrogen-bond donors (Lipinski definition) is 1. The van der Waals surface area contributed by atoms with E-state index in [9.17, 15) is 4.79 Å². The Kier molecular flexibility index (Phi) is 4.00. The molecule has 0 fully saturated rings. The van der Waals surface area contributed by atoms with E-state index in [0.717, 1.165) is 16.9 Å². The van der Waals surface area contributed by atoms with Crippen molar-refractivity contribution in [2.24, 2.45) is 0 Å². The van der Waals surface area contributed by atoms with Crippen LogP contribution < -0.4 is 10.3 Å². The van der Waals surface area contributed by atoms with Crippen LogP contribution in [-0.2, 0) is 12.8 Å². The standard InChI is InChI=1S/C16H16N4O2/c1-22-15-12(9-10-17-16(15)21)7-8-13-11-20(19-18-13)14-5-3-2-4-6-14/h2-6,9-11H,7-8H2,1H3,(H,17,21). The van der Waals surface area contributed by atoms with Crippen LogP contribution in [0.15, 0.2) is 53.6 Å². The van der Waals surface area contributed by atoms with E-state index in [4.69, 9.17) is 4.74 Å². The highest BCUT2D eigenvalue weighted by molar-refractivity contribution is 5.31. The lowest BCUT2D eigenvalue weighted by Crippen LogP contribution is -2.11. The molecule has 3 aromatic rings. The molecule has 0 atom stereocenters. The molecular formula is C16H16N4O2. The van der Waals surface area contributed by atoms with Gasteiger partial charge in [0, 0.05) is 11.8 Å². The van der Waals surface area contributed by atoms with Crippen molar-refractivity contribution >= 4 is 0 Å². The maximum Gasteiger partial charge on any atom is 0.290 e. The third-order valence-electron chi connectivity index (χ3n) is 3.41. The molecule has 0 aliphatic heterocycles. The Balaban J connectivity index is 1.74. The number of nitrogens with one attached hydrogen (secondary N) is 1. The van der Waals surface area contributed by atoms with Crippen LogP contribution in [0.4, 0.5) is 0 Å². The lowest BCUT2D eigenvalue weighted by Gasteiger charge is -2.05. The highest BCUT2D eigenvalue weighted by Gasteiger charge is 2.09. The van der Waals surface area contributed by atoms with Gasteiger partial charge in [0.25, 0.3) is 5.56 Å². The normalized spacial score (nSPS) is 10.6. The summed E-state index contributed by atoms with van der Waals surface area (Å²) >= 11 is 0. The number of para-hydroxylation sites is 1. The smallest absolute Gasteiger partial charge is 0.290 e. The van der Waals surface area contributed by atoms with Gasteiger partial charge in [0.2, 0.25) is 0 Å². The molecular weight excluding hydrogens is 280 g/mol. The topological polar surface area (TPSA) is 72.8 Å². The van der Waals surface area contributed by atoms with Gasteiger partial charge in [0.1, 0.15) is 0 Å². The Morgan fingerprint density at radius 2 is 2.00 bits per heavy atom. The zero-order valence-corrected chi connectivity index (χ0v) is 12.2. The molecule has 0 saturated carbocycles. The van der Waals surface area contributed by atoms with Crippen LogP contribution in [0.2, 0.25) is 0 Å². The van der Waals surface area contributed by atoms with Crippen LogP contribution in [-0.4, -0.2) is 27.1 Å². The van der Waals surface area contributed by atoms with Crippen molar-refractivity contribution in [3.63, 3.8) is 0 Å². The number of aromatic amines is 1. The molecule has 2 heterocycles. The second-order valence-electron chi connectivity index (χ2n) is 4.86. The van der Waals surface area contributed by atoms with Gasteiger partial charge >= 0.3 is 0 Å². The molecule has 112 valence electrons. The van der Waals surface area contributed by atoms with Gasteiger partial charge < -0.3 is 9.72 Å². The number of aryl methyl sites for hydroxylation is 2. The quantitative estimate of drug-likeness (QED) is 0.778. The number of rotatable bonds is 5. The number of ether oxygens (including phenoxy) is 1. The molecule has 1 aromatic carbocycles. The zero-order valence-electron chi connectivity index (χ0n) is 12.2. The van der Waals surface area contributed by atoms with Gasteiger partial charge in [-0.25, -0.2) is 4.68 Å². The number of methoxy groups -OCH3 is 1. The highest BCUT2D eigenvalue weighted by Crippen LogP contribution is 2.14. The van der Waals surface area contributed by atoms with Gasteiger partial charge in [0.05, 0.1) is 24.7 Å². The van der Waals surface area contributed by atoms with Crippen LogP contribution in [0, 0.1) is 0 Å². The number of benzene rings is 1. The van der Waals surface area contributed by atoms with Crippen LogP contribution in [0.5, 0.6) is 5.75 Å². The number of H-pyrrole nitrogens is 1. The molecule has 6 heteroatoms. The van der Waals surface area contributed by atoms with E-state index >= 15 is 0 Å².